The van der Waals surface area contributed by atoms with E-state index in [4.69, 9.17) is 9.47 Å². The summed E-state index contributed by atoms with van der Waals surface area (Å²) >= 11 is 0. The predicted octanol–water partition coefficient (Wildman–Crippen LogP) is 2.01. The van der Waals surface area contributed by atoms with E-state index in [0.717, 1.165) is 6.21 Å². The molecule has 0 atom stereocenters. The Balaban J connectivity index is 2.19. The van der Waals surface area contributed by atoms with Gasteiger partial charge in [0, 0.05) is 0 Å². The maximum absolute atomic E-state index is 11.9. The molecule has 9 heteroatoms. The van der Waals surface area contributed by atoms with Crippen LogP contribution in [0.1, 0.15) is 11.1 Å². The first kappa shape index (κ1) is 18.7. The van der Waals surface area contributed by atoms with Gasteiger partial charge in [0.25, 0.3) is 0 Å². The predicted molar refractivity (Wildman–Crippen MR) is 93.7 cm³/mol. The number of nitro groups is 1. The van der Waals surface area contributed by atoms with Gasteiger partial charge in [0.05, 0.1) is 31.8 Å². The quantitative estimate of drug-likeness (QED) is 0.443. The van der Waals surface area contributed by atoms with Crippen LogP contribution in [0.15, 0.2) is 41.5 Å². The molecule has 1 amide bonds. The van der Waals surface area contributed by atoms with E-state index in [1.165, 1.54) is 38.5 Å². The smallest absolute Gasteiger partial charge is 0.323 e. The number of nitrogens with one attached hydrogen (secondary N) is 1. The molecular formula is C17H17N3O6. The fourth-order valence-corrected chi connectivity index (χ4v) is 2.29. The Kier molecular flexibility index (Phi) is 6.10. The number of rotatable bonds is 7. The van der Waals surface area contributed by atoms with Gasteiger partial charge < -0.3 is 14.6 Å². The van der Waals surface area contributed by atoms with Gasteiger partial charge >= 0.3 is 5.69 Å². The van der Waals surface area contributed by atoms with Crippen molar-refractivity contribution < 1.29 is 24.3 Å². The van der Waals surface area contributed by atoms with Crippen LogP contribution in [0.5, 0.6) is 17.2 Å². The normalized spacial score (nSPS) is 10.5. The van der Waals surface area contributed by atoms with Crippen molar-refractivity contribution in [1.82, 2.24) is 5.43 Å². The van der Waals surface area contributed by atoms with E-state index in [-0.39, 0.29) is 34.9 Å². The van der Waals surface area contributed by atoms with Crippen molar-refractivity contribution in [1.29, 1.82) is 0 Å². The molecule has 0 bridgehead atoms. The van der Waals surface area contributed by atoms with E-state index >= 15 is 0 Å². The van der Waals surface area contributed by atoms with E-state index in [0.29, 0.717) is 5.56 Å². The summed E-state index contributed by atoms with van der Waals surface area (Å²) in [4.78, 5) is 22.6. The number of hydrogen-bond acceptors (Lipinski definition) is 7. The van der Waals surface area contributed by atoms with Crippen molar-refractivity contribution >= 4 is 17.8 Å². The molecule has 0 aliphatic carbocycles. The molecule has 26 heavy (non-hydrogen) atoms. The van der Waals surface area contributed by atoms with Gasteiger partial charge in [-0.2, -0.15) is 5.10 Å². The highest BCUT2D eigenvalue weighted by atomic mass is 16.6. The summed E-state index contributed by atoms with van der Waals surface area (Å²) in [5, 5.41) is 24.5. The summed E-state index contributed by atoms with van der Waals surface area (Å²) in [6.45, 7) is 0. The molecule has 0 radical (unpaired) electrons. The second-order valence-corrected chi connectivity index (χ2v) is 5.13. The molecule has 0 saturated carbocycles. The third kappa shape index (κ3) is 4.47. The number of hydrogen-bond donors (Lipinski definition) is 2. The van der Waals surface area contributed by atoms with Crippen LogP contribution < -0.4 is 14.9 Å². The number of phenols is 1. The van der Waals surface area contributed by atoms with Crippen molar-refractivity contribution in [3.8, 4) is 17.2 Å². The molecule has 0 spiro atoms. The molecule has 2 aromatic rings. The number of carbonyl (C=O) groups is 1. The van der Waals surface area contributed by atoms with E-state index in [9.17, 15) is 20.0 Å². The van der Waals surface area contributed by atoms with E-state index < -0.39 is 10.8 Å². The van der Waals surface area contributed by atoms with E-state index in [1.807, 2.05) is 0 Å². The summed E-state index contributed by atoms with van der Waals surface area (Å²) in [5.74, 6) is -0.140. The van der Waals surface area contributed by atoms with Gasteiger partial charge in [-0.15, -0.1) is 0 Å². The van der Waals surface area contributed by atoms with Gasteiger partial charge in [-0.05, 0) is 29.8 Å². The van der Waals surface area contributed by atoms with E-state index in [2.05, 4.69) is 10.5 Å². The standard InChI is InChI=1S/C17H17N3O6/c1-25-14-6-7-15(26-2)17(20(23)24)13(14)10-18-19-16(22)9-11-4-3-5-12(21)8-11/h3-8,10,21H,9H2,1-2H3,(H,19,22)/b18-10+. The number of hydrazone groups is 1. The summed E-state index contributed by atoms with van der Waals surface area (Å²) in [6.07, 6.45) is 1.11. The second-order valence-electron chi connectivity index (χ2n) is 5.13. The monoisotopic (exact) mass is 359 g/mol. The van der Waals surface area contributed by atoms with Crippen molar-refractivity contribution in [3.05, 3.63) is 57.6 Å². The van der Waals surface area contributed by atoms with Crippen LogP contribution in [0.4, 0.5) is 5.69 Å². The molecule has 0 heterocycles. The minimum Gasteiger partial charge on any atom is -0.508 e. The topological polar surface area (TPSA) is 123 Å². The van der Waals surface area contributed by atoms with Crippen molar-refractivity contribution in [2.45, 2.75) is 6.42 Å². The largest absolute Gasteiger partial charge is 0.508 e. The lowest BCUT2D eigenvalue weighted by Gasteiger charge is -2.08. The fraction of sp³-hybridized carbons (Fsp3) is 0.176. The van der Waals surface area contributed by atoms with Gasteiger partial charge in [0.1, 0.15) is 17.1 Å². The van der Waals surface area contributed by atoms with Gasteiger partial charge in [-0.25, -0.2) is 5.43 Å². The van der Waals surface area contributed by atoms with Crippen LogP contribution in [0.25, 0.3) is 0 Å². The number of ether oxygens (including phenoxy) is 2. The molecule has 2 aromatic carbocycles. The number of methoxy groups -OCH3 is 2. The number of amides is 1. The van der Waals surface area contributed by atoms with Gasteiger partial charge in [0.15, 0.2) is 5.75 Å². The van der Waals surface area contributed by atoms with Crippen molar-refractivity contribution in [2.75, 3.05) is 14.2 Å². The average molecular weight is 359 g/mol. The molecule has 0 aromatic heterocycles. The number of nitrogens with zero attached hydrogens (tertiary/aromatic N) is 2. The molecule has 2 rings (SSSR count). The highest BCUT2D eigenvalue weighted by Gasteiger charge is 2.23. The SMILES string of the molecule is COc1ccc(OC)c([N+](=O)[O-])c1/C=N/NC(=O)Cc1cccc(O)c1. The van der Waals surface area contributed by atoms with Crippen LogP contribution in [0.2, 0.25) is 0 Å². The van der Waals surface area contributed by atoms with Crippen molar-refractivity contribution in [2.24, 2.45) is 5.10 Å². The Morgan fingerprint density at radius 2 is 1.96 bits per heavy atom. The molecule has 136 valence electrons. The molecule has 0 aliphatic heterocycles. The van der Waals surface area contributed by atoms with Crippen LogP contribution in [0, 0.1) is 10.1 Å². The zero-order chi connectivity index (χ0) is 19.1. The minimum atomic E-state index is -0.614. The zero-order valence-corrected chi connectivity index (χ0v) is 14.1. The lowest BCUT2D eigenvalue weighted by molar-refractivity contribution is -0.385. The summed E-state index contributed by atoms with van der Waals surface area (Å²) < 4.78 is 10.1. The van der Waals surface area contributed by atoms with Crippen LogP contribution in [-0.4, -0.2) is 36.4 Å². The summed E-state index contributed by atoms with van der Waals surface area (Å²) in [7, 11) is 2.68. The first-order valence-corrected chi connectivity index (χ1v) is 7.45. The van der Waals surface area contributed by atoms with Crippen LogP contribution in [0.3, 0.4) is 0 Å². The van der Waals surface area contributed by atoms with Gasteiger partial charge in [0.2, 0.25) is 5.91 Å². The third-order valence-electron chi connectivity index (χ3n) is 3.42. The Morgan fingerprint density at radius 1 is 1.27 bits per heavy atom. The highest BCUT2D eigenvalue weighted by Crippen LogP contribution is 2.35. The first-order valence-electron chi connectivity index (χ1n) is 7.45. The number of benzene rings is 2. The molecule has 2 N–H and O–H groups in total. The summed E-state index contributed by atoms with van der Waals surface area (Å²) in [5.41, 5.74) is 2.63. The highest BCUT2D eigenvalue weighted by molar-refractivity contribution is 5.92. The molecule has 0 unspecified atom stereocenters. The maximum atomic E-state index is 11.9. The van der Waals surface area contributed by atoms with Crippen molar-refractivity contribution in [3.63, 3.8) is 0 Å². The molecule has 0 fully saturated rings. The number of nitro benzene ring substituents is 1. The number of phenolic OH excluding ortho intramolecular Hbond substituents is 1. The number of carbonyl (C=O) groups excluding carboxylic acids is 1. The fourth-order valence-electron chi connectivity index (χ4n) is 2.29. The molecule has 9 nitrogen and oxygen atoms in total. The Labute approximate surface area is 149 Å². The molecule has 0 saturated heterocycles. The number of aromatic hydroxyl groups is 1. The Hall–Kier alpha value is -3.62. The van der Waals surface area contributed by atoms with Gasteiger partial charge in [-0.3, -0.25) is 14.9 Å². The Morgan fingerprint density at radius 3 is 2.58 bits per heavy atom. The van der Waals surface area contributed by atoms with Crippen LogP contribution in [-0.2, 0) is 11.2 Å². The average Bonchev–Trinajstić information content (AvgIpc) is 2.60. The lowest BCUT2D eigenvalue weighted by atomic mass is 10.1. The van der Waals surface area contributed by atoms with Gasteiger partial charge in [-0.1, -0.05) is 12.1 Å². The lowest BCUT2D eigenvalue weighted by Crippen LogP contribution is -2.19. The summed E-state index contributed by atoms with van der Waals surface area (Å²) in [6, 6.07) is 9.16. The Bertz CT molecular complexity index is 850. The van der Waals surface area contributed by atoms with Crippen LogP contribution >= 0.6 is 0 Å². The molecular weight excluding hydrogens is 342 g/mol. The zero-order valence-electron chi connectivity index (χ0n) is 14.1. The molecule has 0 aliphatic rings. The second kappa shape index (κ2) is 8.47. The van der Waals surface area contributed by atoms with E-state index in [1.54, 1.807) is 12.1 Å². The maximum Gasteiger partial charge on any atom is 0.323 e. The third-order valence-corrected chi connectivity index (χ3v) is 3.42. The first-order chi connectivity index (χ1) is 12.5. The minimum absolute atomic E-state index is 0.0108.